The number of ether oxygens (including phenoxy) is 1. The standard InChI is InChI=1S/C15H18O2/c1-3-13-14(5-4-6-15(13)16)11-7-9-12(17-2)10-8-11/h3,7-10,14H,4-6H2,1-2H3/b13-3+. The van der Waals surface area contributed by atoms with E-state index in [9.17, 15) is 4.79 Å². The highest BCUT2D eigenvalue weighted by Gasteiger charge is 2.25. The third-order valence-corrected chi connectivity index (χ3v) is 3.42. The molecule has 0 bridgehead atoms. The van der Waals surface area contributed by atoms with Crippen molar-refractivity contribution >= 4 is 5.78 Å². The van der Waals surface area contributed by atoms with Gasteiger partial charge in [0.05, 0.1) is 7.11 Å². The Bertz CT molecular complexity index is 429. The number of ketones is 1. The monoisotopic (exact) mass is 230 g/mol. The molecule has 1 unspecified atom stereocenters. The number of carbonyl (C=O) groups is 1. The molecule has 0 N–H and O–H groups in total. The number of rotatable bonds is 2. The van der Waals surface area contributed by atoms with Crippen LogP contribution in [0, 0.1) is 0 Å². The molecule has 0 aliphatic heterocycles. The van der Waals surface area contributed by atoms with Gasteiger partial charge in [-0.3, -0.25) is 4.79 Å². The summed E-state index contributed by atoms with van der Waals surface area (Å²) < 4.78 is 5.15. The van der Waals surface area contributed by atoms with Crippen molar-refractivity contribution in [3.05, 3.63) is 41.5 Å². The SMILES string of the molecule is C/C=C1/C(=O)CCCC1c1ccc(OC)cc1. The lowest BCUT2D eigenvalue weighted by atomic mass is 9.79. The molecule has 2 nitrogen and oxygen atoms in total. The molecule has 17 heavy (non-hydrogen) atoms. The fraction of sp³-hybridized carbons (Fsp3) is 0.400. The second-order valence-electron chi connectivity index (χ2n) is 4.39. The summed E-state index contributed by atoms with van der Waals surface area (Å²) in [6, 6.07) is 8.04. The third kappa shape index (κ3) is 2.41. The van der Waals surface area contributed by atoms with Gasteiger partial charge >= 0.3 is 0 Å². The Hall–Kier alpha value is -1.57. The summed E-state index contributed by atoms with van der Waals surface area (Å²) in [4.78, 5) is 11.8. The molecule has 1 atom stereocenters. The highest BCUT2D eigenvalue weighted by atomic mass is 16.5. The van der Waals surface area contributed by atoms with Gasteiger partial charge in [0.25, 0.3) is 0 Å². The van der Waals surface area contributed by atoms with Crippen molar-refractivity contribution in [1.82, 2.24) is 0 Å². The minimum Gasteiger partial charge on any atom is -0.497 e. The molecular weight excluding hydrogens is 212 g/mol. The zero-order valence-corrected chi connectivity index (χ0v) is 10.4. The van der Waals surface area contributed by atoms with Crippen LogP contribution in [-0.2, 0) is 4.79 Å². The zero-order valence-electron chi connectivity index (χ0n) is 10.4. The normalized spacial score (nSPS) is 22.8. The highest BCUT2D eigenvalue weighted by molar-refractivity contribution is 5.97. The average Bonchev–Trinajstić information content (AvgIpc) is 2.38. The van der Waals surface area contributed by atoms with Gasteiger partial charge in [0, 0.05) is 12.3 Å². The van der Waals surface area contributed by atoms with Crippen LogP contribution in [0.4, 0.5) is 0 Å². The lowest BCUT2D eigenvalue weighted by molar-refractivity contribution is -0.116. The molecule has 1 aliphatic carbocycles. The molecule has 1 fully saturated rings. The topological polar surface area (TPSA) is 26.3 Å². The van der Waals surface area contributed by atoms with Gasteiger partial charge in [-0.1, -0.05) is 18.2 Å². The first-order valence-electron chi connectivity index (χ1n) is 6.09. The van der Waals surface area contributed by atoms with Gasteiger partial charge in [0.1, 0.15) is 5.75 Å². The summed E-state index contributed by atoms with van der Waals surface area (Å²) >= 11 is 0. The van der Waals surface area contributed by atoms with E-state index in [4.69, 9.17) is 4.74 Å². The molecular formula is C15H18O2. The van der Waals surface area contributed by atoms with Gasteiger partial charge in [-0.05, 0) is 43.0 Å². The van der Waals surface area contributed by atoms with Crippen LogP contribution in [0.3, 0.4) is 0 Å². The van der Waals surface area contributed by atoms with E-state index >= 15 is 0 Å². The van der Waals surface area contributed by atoms with Crippen LogP contribution in [0.1, 0.15) is 37.7 Å². The van der Waals surface area contributed by atoms with Crippen molar-refractivity contribution in [2.75, 3.05) is 7.11 Å². The molecule has 1 aliphatic rings. The van der Waals surface area contributed by atoms with Crippen molar-refractivity contribution in [2.24, 2.45) is 0 Å². The van der Waals surface area contributed by atoms with Crippen LogP contribution in [0.15, 0.2) is 35.9 Å². The predicted molar refractivity (Wildman–Crippen MR) is 68.4 cm³/mol. The number of methoxy groups -OCH3 is 1. The number of hydrogen-bond donors (Lipinski definition) is 0. The summed E-state index contributed by atoms with van der Waals surface area (Å²) in [5.74, 6) is 1.43. The molecule has 0 saturated heterocycles. The van der Waals surface area contributed by atoms with E-state index in [0.717, 1.165) is 24.2 Å². The van der Waals surface area contributed by atoms with Gasteiger partial charge in [0.2, 0.25) is 0 Å². The number of benzene rings is 1. The molecule has 90 valence electrons. The maximum atomic E-state index is 11.8. The van der Waals surface area contributed by atoms with E-state index in [-0.39, 0.29) is 5.92 Å². The fourth-order valence-electron chi connectivity index (χ4n) is 2.51. The predicted octanol–water partition coefficient (Wildman–Crippen LogP) is 3.48. The van der Waals surface area contributed by atoms with E-state index in [1.165, 1.54) is 5.56 Å². The van der Waals surface area contributed by atoms with E-state index in [0.29, 0.717) is 12.2 Å². The maximum Gasteiger partial charge on any atom is 0.159 e. The number of hydrogen-bond acceptors (Lipinski definition) is 2. The van der Waals surface area contributed by atoms with E-state index < -0.39 is 0 Å². The van der Waals surface area contributed by atoms with E-state index in [1.54, 1.807) is 7.11 Å². The molecule has 1 aromatic carbocycles. The maximum absolute atomic E-state index is 11.8. The minimum absolute atomic E-state index is 0.271. The lowest BCUT2D eigenvalue weighted by Crippen LogP contribution is -2.17. The van der Waals surface area contributed by atoms with Crippen LogP contribution in [-0.4, -0.2) is 12.9 Å². The van der Waals surface area contributed by atoms with Gasteiger partial charge in [0.15, 0.2) is 5.78 Å². The second kappa shape index (κ2) is 5.17. The first kappa shape index (κ1) is 11.9. The lowest BCUT2D eigenvalue weighted by Gasteiger charge is -2.24. The molecule has 1 saturated carbocycles. The van der Waals surface area contributed by atoms with E-state index in [1.807, 2.05) is 25.1 Å². The fourth-order valence-corrected chi connectivity index (χ4v) is 2.51. The van der Waals surface area contributed by atoms with Crippen LogP contribution in [0.25, 0.3) is 0 Å². The number of carbonyl (C=O) groups excluding carboxylic acids is 1. The Morgan fingerprint density at radius 1 is 1.29 bits per heavy atom. The van der Waals surface area contributed by atoms with Crippen LogP contribution < -0.4 is 4.74 Å². The van der Waals surface area contributed by atoms with Crippen molar-refractivity contribution in [3.63, 3.8) is 0 Å². The van der Waals surface area contributed by atoms with Gasteiger partial charge < -0.3 is 4.74 Å². The zero-order chi connectivity index (χ0) is 12.3. The van der Waals surface area contributed by atoms with Crippen molar-refractivity contribution in [1.29, 1.82) is 0 Å². The number of Topliss-reactive ketones (excluding diaryl/α,β-unsaturated/α-hetero) is 1. The van der Waals surface area contributed by atoms with Crippen molar-refractivity contribution in [2.45, 2.75) is 32.1 Å². The largest absolute Gasteiger partial charge is 0.497 e. The Balaban J connectivity index is 2.28. The molecule has 2 rings (SSSR count). The highest BCUT2D eigenvalue weighted by Crippen LogP contribution is 2.35. The van der Waals surface area contributed by atoms with Crippen LogP contribution in [0.2, 0.25) is 0 Å². The van der Waals surface area contributed by atoms with Crippen LogP contribution >= 0.6 is 0 Å². The molecule has 2 heteroatoms. The summed E-state index contributed by atoms with van der Waals surface area (Å²) in [5.41, 5.74) is 2.19. The smallest absolute Gasteiger partial charge is 0.159 e. The molecule has 0 aromatic heterocycles. The van der Waals surface area contributed by atoms with Crippen molar-refractivity contribution in [3.8, 4) is 5.75 Å². The summed E-state index contributed by atoms with van der Waals surface area (Å²) in [5, 5.41) is 0. The van der Waals surface area contributed by atoms with Gasteiger partial charge in [-0.25, -0.2) is 0 Å². The molecule has 0 heterocycles. The Morgan fingerprint density at radius 3 is 2.59 bits per heavy atom. The molecule has 0 amide bonds. The Morgan fingerprint density at radius 2 is 2.00 bits per heavy atom. The minimum atomic E-state index is 0.271. The van der Waals surface area contributed by atoms with Crippen LogP contribution in [0.5, 0.6) is 5.75 Å². The summed E-state index contributed by atoms with van der Waals surface area (Å²) in [7, 11) is 1.66. The summed E-state index contributed by atoms with van der Waals surface area (Å²) in [6.07, 6.45) is 4.73. The average molecular weight is 230 g/mol. The van der Waals surface area contributed by atoms with Crippen molar-refractivity contribution < 1.29 is 9.53 Å². The van der Waals surface area contributed by atoms with Gasteiger partial charge in [-0.2, -0.15) is 0 Å². The first-order valence-corrected chi connectivity index (χ1v) is 6.09. The third-order valence-electron chi connectivity index (χ3n) is 3.42. The number of allylic oxidation sites excluding steroid dienone is 2. The van der Waals surface area contributed by atoms with Gasteiger partial charge in [-0.15, -0.1) is 0 Å². The molecule has 1 aromatic rings. The first-order chi connectivity index (χ1) is 8.26. The Kier molecular flexibility index (Phi) is 3.62. The molecule has 0 radical (unpaired) electrons. The quantitative estimate of drug-likeness (QED) is 0.727. The van der Waals surface area contributed by atoms with E-state index in [2.05, 4.69) is 12.1 Å². The second-order valence-corrected chi connectivity index (χ2v) is 4.39. The molecule has 0 spiro atoms. The Labute approximate surface area is 102 Å². The summed E-state index contributed by atoms with van der Waals surface area (Å²) in [6.45, 7) is 1.95.